The van der Waals surface area contributed by atoms with E-state index in [1.165, 1.54) is 60.8 Å². The van der Waals surface area contributed by atoms with Crippen molar-refractivity contribution in [3.8, 4) is 44.5 Å². The summed E-state index contributed by atoms with van der Waals surface area (Å²) in [5.41, 5.74) is 18.9. The van der Waals surface area contributed by atoms with Crippen LogP contribution < -0.4 is 4.90 Å². The van der Waals surface area contributed by atoms with E-state index < -0.39 is 5.41 Å². The molecule has 0 radical (unpaired) electrons. The average molecular weight is 854 g/mol. The molecule has 0 atom stereocenters. The van der Waals surface area contributed by atoms with Crippen LogP contribution in [-0.4, -0.2) is 0 Å². The summed E-state index contributed by atoms with van der Waals surface area (Å²) in [7, 11) is 0. The predicted octanol–water partition coefficient (Wildman–Crippen LogP) is 17.6. The third kappa shape index (κ3) is 6.26. The van der Waals surface area contributed by atoms with Gasteiger partial charge in [0.2, 0.25) is 0 Å². The lowest BCUT2D eigenvalue weighted by molar-refractivity contribution is 0.669. The largest absolute Gasteiger partial charge is 0.456 e. The average Bonchev–Trinajstić information content (AvgIpc) is 3.92. The highest BCUT2D eigenvalue weighted by atomic mass is 16.3. The molecule has 11 aromatic carbocycles. The summed E-state index contributed by atoms with van der Waals surface area (Å²) in [5.74, 6) is 0. The smallest absolute Gasteiger partial charge is 0.136 e. The SMILES string of the molecule is c1ccc(-c2cccc(-c3ccc(N(c4ccc5c(c4)C(c4ccccc4)(c4ccccc4)c4ccccc4-5)c4ccccc4-c4cccc5oc6cc7ccccc7cc6c45)cc3)c2)cc1. The van der Waals surface area contributed by atoms with Crippen LogP contribution in [0.5, 0.6) is 0 Å². The van der Waals surface area contributed by atoms with E-state index in [1.807, 2.05) is 0 Å². The molecule has 0 bridgehead atoms. The van der Waals surface area contributed by atoms with Gasteiger partial charge in [-0.3, -0.25) is 0 Å². The highest BCUT2D eigenvalue weighted by Gasteiger charge is 2.46. The molecule has 0 saturated carbocycles. The number of nitrogens with zero attached hydrogens (tertiary/aromatic N) is 1. The first-order chi connectivity index (χ1) is 33.2. The minimum atomic E-state index is -0.548. The van der Waals surface area contributed by atoms with E-state index in [4.69, 9.17) is 4.42 Å². The highest BCUT2D eigenvalue weighted by Crippen LogP contribution is 2.57. The van der Waals surface area contributed by atoms with Crippen molar-refractivity contribution in [3.05, 3.63) is 283 Å². The third-order valence-corrected chi connectivity index (χ3v) is 13.9. The predicted molar refractivity (Wildman–Crippen MR) is 280 cm³/mol. The molecule has 0 fully saturated rings. The Morgan fingerprint density at radius 1 is 0.313 bits per heavy atom. The number of furan rings is 1. The van der Waals surface area contributed by atoms with Gasteiger partial charge in [-0.2, -0.15) is 0 Å². The van der Waals surface area contributed by atoms with E-state index in [0.29, 0.717) is 0 Å². The van der Waals surface area contributed by atoms with Gasteiger partial charge >= 0.3 is 0 Å². The van der Waals surface area contributed by atoms with Crippen LogP contribution in [0.2, 0.25) is 0 Å². The molecule has 12 aromatic rings. The van der Waals surface area contributed by atoms with Gasteiger partial charge in [0.15, 0.2) is 0 Å². The Morgan fingerprint density at radius 3 is 1.58 bits per heavy atom. The molecule has 1 heterocycles. The van der Waals surface area contributed by atoms with E-state index in [2.05, 4.69) is 266 Å². The monoisotopic (exact) mass is 853 g/mol. The number of anilines is 3. The number of para-hydroxylation sites is 1. The Balaban J connectivity index is 1.04. The summed E-state index contributed by atoms with van der Waals surface area (Å²) in [6, 6.07) is 95.1. The summed E-state index contributed by atoms with van der Waals surface area (Å²) in [6.07, 6.45) is 0. The molecule has 1 aliphatic rings. The maximum Gasteiger partial charge on any atom is 0.136 e. The van der Waals surface area contributed by atoms with Crippen molar-refractivity contribution in [2.45, 2.75) is 5.41 Å². The summed E-state index contributed by atoms with van der Waals surface area (Å²) < 4.78 is 6.66. The zero-order valence-electron chi connectivity index (χ0n) is 36.7. The van der Waals surface area contributed by atoms with Crippen LogP contribution >= 0.6 is 0 Å². The molecule has 0 aliphatic heterocycles. The molecule has 1 aromatic heterocycles. The van der Waals surface area contributed by atoms with Crippen molar-refractivity contribution in [2.24, 2.45) is 0 Å². The van der Waals surface area contributed by atoms with Gasteiger partial charge in [0, 0.05) is 27.7 Å². The van der Waals surface area contributed by atoms with Gasteiger partial charge < -0.3 is 9.32 Å². The number of hydrogen-bond acceptors (Lipinski definition) is 2. The lowest BCUT2D eigenvalue weighted by Gasteiger charge is -2.35. The highest BCUT2D eigenvalue weighted by molar-refractivity contribution is 6.16. The zero-order valence-corrected chi connectivity index (χ0v) is 36.7. The summed E-state index contributed by atoms with van der Waals surface area (Å²) >= 11 is 0. The Bertz CT molecular complexity index is 3760. The fourth-order valence-electron chi connectivity index (χ4n) is 10.9. The van der Waals surface area contributed by atoms with Gasteiger partial charge in [-0.25, -0.2) is 0 Å². The van der Waals surface area contributed by atoms with Gasteiger partial charge in [-0.05, 0) is 127 Å². The lowest BCUT2D eigenvalue weighted by atomic mass is 9.67. The quantitative estimate of drug-likeness (QED) is 0.151. The van der Waals surface area contributed by atoms with Crippen molar-refractivity contribution < 1.29 is 4.42 Å². The van der Waals surface area contributed by atoms with E-state index in [1.54, 1.807) is 0 Å². The van der Waals surface area contributed by atoms with E-state index in [9.17, 15) is 0 Å². The minimum Gasteiger partial charge on any atom is -0.456 e. The Kier molecular flexibility index (Phi) is 9.11. The van der Waals surface area contributed by atoms with E-state index in [0.717, 1.165) is 55.7 Å². The standard InChI is InChI=1S/C65H43NO/c1-4-18-44(19-5-1)46-22-16-23-47(40-46)45-34-36-52(37-35-45)66(61-32-15-13-29-56(61)57-30-17-33-62-64(57)58-41-48-20-10-11-21-49(48)42-63(58)67-62)53-38-39-55-54-28-12-14-31-59(54)65(60(55)43-53,50-24-6-2-7-25-50)51-26-8-3-9-27-51/h1-43H. The van der Waals surface area contributed by atoms with Crippen LogP contribution in [0.3, 0.4) is 0 Å². The Hall–Kier alpha value is -8.72. The van der Waals surface area contributed by atoms with Crippen LogP contribution in [-0.2, 0) is 5.41 Å². The molecule has 0 saturated heterocycles. The molecular weight excluding hydrogens is 811 g/mol. The summed E-state index contributed by atoms with van der Waals surface area (Å²) in [6.45, 7) is 0. The second-order valence-corrected chi connectivity index (χ2v) is 17.6. The number of fused-ring (bicyclic) bond motifs is 7. The Labute approximate surface area is 390 Å². The van der Waals surface area contributed by atoms with Crippen LogP contribution in [0.4, 0.5) is 17.1 Å². The fourth-order valence-corrected chi connectivity index (χ4v) is 10.9. The van der Waals surface area contributed by atoms with E-state index >= 15 is 0 Å². The molecule has 13 rings (SSSR count). The molecular formula is C65H43NO. The molecule has 1 aliphatic carbocycles. The van der Waals surface area contributed by atoms with Crippen molar-refractivity contribution >= 4 is 49.8 Å². The van der Waals surface area contributed by atoms with Crippen LogP contribution in [0.15, 0.2) is 265 Å². The first-order valence-corrected chi connectivity index (χ1v) is 23.1. The van der Waals surface area contributed by atoms with Gasteiger partial charge in [0.25, 0.3) is 0 Å². The number of benzene rings is 11. The maximum absolute atomic E-state index is 6.66. The van der Waals surface area contributed by atoms with Crippen molar-refractivity contribution in [1.82, 2.24) is 0 Å². The van der Waals surface area contributed by atoms with Crippen molar-refractivity contribution in [1.29, 1.82) is 0 Å². The molecule has 0 N–H and O–H groups in total. The minimum absolute atomic E-state index is 0.548. The van der Waals surface area contributed by atoms with Crippen LogP contribution in [0, 0.1) is 0 Å². The molecule has 0 amide bonds. The molecule has 0 unspecified atom stereocenters. The lowest BCUT2D eigenvalue weighted by Crippen LogP contribution is -2.28. The van der Waals surface area contributed by atoms with Gasteiger partial charge in [0.05, 0.1) is 11.1 Å². The van der Waals surface area contributed by atoms with Crippen molar-refractivity contribution in [2.75, 3.05) is 4.90 Å². The molecule has 314 valence electrons. The first-order valence-electron chi connectivity index (χ1n) is 23.1. The van der Waals surface area contributed by atoms with Crippen LogP contribution in [0.1, 0.15) is 22.3 Å². The molecule has 2 nitrogen and oxygen atoms in total. The first kappa shape index (κ1) is 38.7. The number of hydrogen-bond donors (Lipinski definition) is 0. The van der Waals surface area contributed by atoms with E-state index in [-0.39, 0.29) is 0 Å². The zero-order chi connectivity index (χ0) is 44.3. The number of rotatable bonds is 8. The van der Waals surface area contributed by atoms with Gasteiger partial charge in [-0.1, -0.05) is 206 Å². The van der Waals surface area contributed by atoms with Crippen molar-refractivity contribution in [3.63, 3.8) is 0 Å². The molecule has 2 heteroatoms. The fraction of sp³-hybridized carbons (Fsp3) is 0.0154. The second-order valence-electron chi connectivity index (χ2n) is 17.6. The van der Waals surface area contributed by atoms with Crippen LogP contribution in [0.25, 0.3) is 77.2 Å². The second kappa shape index (κ2) is 15.8. The summed E-state index contributed by atoms with van der Waals surface area (Å²) in [4.78, 5) is 2.46. The summed E-state index contributed by atoms with van der Waals surface area (Å²) in [5, 5.41) is 4.58. The molecule has 0 spiro atoms. The van der Waals surface area contributed by atoms with Gasteiger partial charge in [-0.15, -0.1) is 0 Å². The Morgan fingerprint density at radius 2 is 0.851 bits per heavy atom. The van der Waals surface area contributed by atoms with Gasteiger partial charge in [0.1, 0.15) is 11.2 Å². The normalized spacial score (nSPS) is 12.6. The topological polar surface area (TPSA) is 16.4 Å². The molecule has 67 heavy (non-hydrogen) atoms. The third-order valence-electron chi connectivity index (χ3n) is 13.9. The maximum atomic E-state index is 6.66.